The van der Waals surface area contributed by atoms with Crippen molar-refractivity contribution in [3.63, 3.8) is 0 Å². The smallest absolute Gasteiger partial charge is 0.333 e. The molecule has 4 atom stereocenters. The lowest BCUT2D eigenvalue weighted by Gasteiger charge is -2.56. The second kappa shape index (κ2) is 5.76. The number of allylic oxidation sites excluding steroid dienone is 1. The van der Waals surface area contributed by atoms with Crippen molar-refractivity contribution in [2.45, 2.75) is 72.0 Å². The standard InChI is InChI=1S/C20H28O4/c1-6-12(2)18(21)24-16-7-8-20(22)10-17-15(13(3)11-23-17)9-19(20,5)14(16)4/h6,11,14,16,22H,7-10H2,1-5H3/b12-6-/t14-,16-,19+,20-/m0/s1. The minimum absolute atomic E-state index is 0.0762. The van der Waals surface area contributed by atoms with Crippen molar-refractivity contribution in [2.24, 2.45) is 11.3 Å². The lowest BCUT2D eigenvalue weighted by atomic mass is 9.52. The molecule has 1 aromatic rings. The number of esters is 1. The molecule has 0 radical (unpaired) electrons. The van der Waals surface area contributed by atoms with Gasteiger partial charge in [-0.05, 0) is 51.2 Å². The van der Waals surface area contributed by atoms with Gasteiger partial charge in [0, 0.05) is 23.3 Å². The minimum Gasteiger partial charge on any atom is -0.469 e. The van der Waals surface area contributed by atoms with Gasteiger partial charge < -0.3 is 14.3 Å². The lowest BCUT2D eigenvalue weighted by molar-refractivity contribution is -0.189. The van der Waals surface area contributed by atoms with Crippen LogP contribution in [0.15, 0.2) is 22.3 Å². The summed E-state index contributed by atoms with van der Waals surface area (Å²) >= 11 is 0. The summed E-state index contributed by atoms with van der Waals surface area (Å²) < 4.78 is 11.4. The maximum atomic E-state index is 12.2. The van der Waals surface area contributed by atoms with Crippen molar-refractivity contribution >= 4 is 5.97 Å². The Bertz CT molecular complexity index is 686. The van der Waals surface area contributed by atoms with Crippen molar-refractivity contribution in [3.8, 4) is 0 Å². The van der Waals surface area contributed by atoms with Crippen molar-refractivity contribution in [1.82, 2.24) is 0 Å². The number of hydrogen-bond acceptors (Lipinski definition) is 4. The van der Waals surface area contributed by atoms with Gasteiger partial charge in [0.15, 0.2) is 0 Å². The highest BCUT2D eigenvalue weighted by atomic mass is 16.5. The van der Waals surface area contributed by atoms with E-state index < -0.39 is 5.60 Å². The number of carbonyl (C=O) groups excluding carboxylic acids is 1. The van der Waals surface area contributed by atoms with E-state index in [2.05, 4.69) is 20.8 Å². The highest BCUT2D eigenvalue weighted by Crippen LogP contribution is 2.55. The Kier molecular flexibility index (Phi) is 4.15. The number of furan rings is 1. The van der Waals surface area contributed by atoms with E-state index >= 15 is 0 Å². The number of aryl methyl sites for hydroxylation is 1. The predicted octanol–water partition coefficient (Wildman–Crippen LogP) is 3.73. The third-order valence-corrected chi connectivity index (χ3v) is 6.67. The molecule has 2 aliphatic carbocycles. The van der Waals surface area contributed by atoms with Crippen LogP contribution in [0.3, 0.4) is 0 Å². The largest absolute Gasteiger partial charge is 0.469 e. The number of fused-ring (bicyclic) bond motifs is 2. The van der Waals surface area contributed by atoms with Gasteiger partial charge in [0.25, 0.3) is 0 Å². The fourth-order valence-electron chi connectivity index (χ4n) is 4.42. The first-order chi connectivity index (χ1) is 11.2. The Morgan fingerprint density at radius 3 is 2.83 bits per heavy atom. The molecule has 1 aromatic heterocycles. The summed E-state index contributed by atoms with van der Waals surface area (Å²) in [5.41, 5.74) is 1.85. The molecule has 24 heavy (non-hydrogen) atoms. The molecule has 0 amide bonds. The number of aliphatic hydroxyl groups is 1. The molecule has 1 fully saturated rings. The first kappa shape index (κ1) is 17.3. The third-order valence-electron chi connectivity index (χ3n) is 6.67. The third kappa shape index (κ3) is 2.43. The highest BCUT2D eigenvalue weighted by Gasteiger charge is 2.59. The first-order valence-electron chi connectivity index (χ1n) is 8.84. The summed E-state index contributed by atoms with van der Waals surface area (Å²) in [5, 5.41) is 11.4. The zero-order valence-corrected chi connectivity index (χ0v) is 15.3. The van der Waals surface area contributed by atoms with Gasteiger partial charge in [-0.2, -0.15) is 0 Å². The molecule has 4 nitrogen and oxygen atoms in total. The molecule has 0 spiro atoms. The van der Waals surface area contributed by atoms with Crippen molar-refractivity contribution < 1.29 is 19.1 Å². The molecule has 1 heterocycles. The van der Waals surface area contributed by atoms with Crippen LogP contribution in [0, 0.1) is 18.3 Å². The molecule has 0 aliphatic heterocycles. The molecule has 1 saturated carbocycles. The van der Waals surface area contributed by atoms with E-state index in [-0.39, 0.29) is 23.4 Å². The van der Waals surface area contributed by atoms with E-state index in [1.165, 1.54) is 5.56 Å². The Labute approximate surface area is 143 Å². The fourth-order valence-corrected chi connectivity index (χ4v) is 4.42. The van der Waals surface area contributed by atoms with Gasteiger partial charge in [0.2, 0.25) is 0 Å². The molecule has 0 aromatic carbocycles. The molecular formula is C20H28O4. The van der Waals surface area contributed by atoms with Crippen molar-refractivity contribution in [3.05, 3.63) is 34.8 Å². The zero-order valence-electron chi connectivity index (χ0n) is 15.3. The van der Waals surface area contributed by atoms with Crippen LogP contribution >= 0.6 is 0 Å². The van der Waals surface area contributed by atoms with E-state index in [0.29, 0.717) is 24.8 Å². The van der Waals surface area contributed by atoms with Crippen LogP contribution in [0.1, 0.15) is 57.4 Å². The highest BCUT2D eigenvalue weighted by molar-refractivity contribution is 5.87. The lowest BCUT2D eigenvalue weighted by Crippen LogP contribution is -2.61. The van der Waals surface area contributed by atoms with E-state index in [1.54, 1.807) is 19.3 Å². The minimum atomic E-state index is -0.803. The van der Waals surface area contributed by atoms with Crippen molar-refractivity contribution in [1.29, 1.82) is 0 Å². The van der Waals surface area contributed by atoms with E-state index in [4.69, 9.17) is 9.15 Å². The summed E-state index contributed by atoms with van der Waals surface area (Å²) in [6.07, 6.45) is 6.02. The SMILES string of the molecule is C/C=C(/C)C(=O)O[C@H]1CC[C@]2(O)Cc3occ(C)c3C[C@]2(C)[C@H]1C. The molecule has 132 valence electrons. The van der Waals surface area contributed by atoms with Gasteiger partial charge in [-0.25, -0.2) is 4.79 Å². The molecule has 2 aliphatic rings. The normalized spacial score (nSPS) is 36.0. The summed E-state index contributed by atoms with van der Waals surface area (Å²) in [6.45, 7) is 9.90. The van der Waals surface area contributed by atoms with Crippen LogP contribution in [-0.2, 0) is 22.4 Å². The average molecular weight is 332 g/mol. The van der Waals surface area contributed by atoms with Crippen LogP contribution in [0.25, 0.3) is 0 Å². The fraction of sp³-hybridized carbons (Fsp3) is 0.650. The Morgan fingerprint density at radius 2 is 2.17 bits per heavy atom. The molecule has 1 N–H and O–H groups in total. The predicted molar refractivity (Wildman–Crippen MR) is 91.6 cm³/mol. The van der Waals surface area contributed by atoms with E-state index in [0.717, 1.165) is 17.7 Å². The maximum Gasteiger partial charge on any atom is 0.333 e. The van der Waals surface area contributed by atoms with Crippen LogP contribution in [0.2, 0.25) is 0 Å². The van der Waals surface area contributed by atoms with Gasteiger partial charge in [-0.3, -0.25) is 0 Å². The topological polar surface area (TPSA) is 59.7 Å². The van der Waals surface area contributed by atoms with Gasteiger partial charge in [-0.15, -0.1) is 0 Å². The average Bonchev–Trinajstić information content (AvgIpc) is 2.89. The molecular weight excluding hydrogens is 304 g/mol. The van der Waals surface area contributed by atoms with Crippen molar-refractivity contribution in [2.75, 3.05) is 0 Å². The van der Waals surface area contributed by atoms with Crippen LogP contribution in [0.5, 0.6) is 0 Å². The Morgan fingerprint density at radius 1 is 1.46 bits per heavy atom. The van der Waals surface area contributed by atoms with Gasteiger partial charge in [-0.1, -0.05) is 19.9 Å². The summed E-state index contributed by atoms with van der Waals surface area (Å²) in [7, 11) is 0. The quantitative estimate of drug-likeness (QED) is 0.662. The van der Waals surface area contributed by atoms with Crippen LogP contribution in [0.4, 0.5) is 0 Å². The van der Waals surface area contributed by atoms with Crippen LogP contribution < -0.4 is 0 Å². The van der Waals surface area contributed by atoms with Crippen LogP contribution in [-0.4, -0.2) is 22.8 Å². The number of rotatable bonds is 2. The molecule has 0 bridgehead atoms. The maximum absolute atomic E-state index is 12.2. The zero-order chi connectivity index (χ0) is 17.7. The molecule has 0 unspecified atom stereocenters. The second-order valence-electron chi connectivity index (χ2n) is 7.87. The summed E-state index contributed by atoms with van der Waals surface area (Å²) in [6, 6.07) is 0. The Hall–Kier alpha value is -1.55. The number of carbonyl (C=O) groups is 1. The van der Waals surface area contributed by atoms with E-state index in [1.807, 2.05) is 6.92 Å². The van der Waals surface area contributed by atoms with Gasteiger partial charge in [0.1, 0.15) is 11.9 Å². The number of hydrogen-bond donors (Lipinski definition) is 1. The second-order valence-corrected chi connectivity index (χ2v) is 7.87. The first-order valence-corrected chi connectivity index (χ1v) is 8.84. The van der Waals surface area contributed by atoms with Gasteiger partial charge >= 0.3 is 5.97 Å². The number of ether oxygens (including phenoxy) is 1. The summed E-state index contributed by atoms with van der Waals surface area (Å²) in [4.78, 5) is 12.2. The summed E-state index contributed by atoms with van der Waals surface area (Å²) in [5.74, 6) is 0.742. The Balaban J connectivity index is 1.89. The van der Waals surface area contributed by atoms with E-state index in [9.17, 15) is 9.90 Å². The van der Waals surface area contributed by atoms with Gasteiger partial charge in [0.05, 0.1) is 11.9 Å². The monoisotopic (exact) mass is 332 g/mol. The molecule has 4 heteroatoms. The molecule has 0 saturated heterocycles. The molecule has 3 rings (SSSR count).